The fourth-order valence-corrected chi connectivity index (χ4v) is 1.51. The summed E-state index contributed by atoms with van der Waals surface area (Å²) in [6, 6.07) is 6.44. The van der Waals surface area contributed by atoms with Crippen LogP contribution >= 0.6 is 11.6 Å². The van der Waals surface area contributed by atoms with E-state index in [0.29, 0.717) is 30.2 Å². The number of hydrogen-bond donors (Lipinski definition) is 3. The fourth-order valence-electron chi connectivity index (χ4n) is 1.38. The number of carbonyl (C=O) groups excluding carboxylic acids is 3. The summed E-state index contributed by atoms with van der Waals surface area (Å²) in [4.78, 5) is 33.8. The number of nitrogens with one attached hydrogen (secondary N) is 3. The highest BCUT2D eigenvalue weighted by atomic mass is 35.5. The zero-order valence-electron chi connectivity index (χ0n) is 11.0. The molecule has 6 nitrogen and oxygen atoms in total. The van der Waals surface area contributed by atoms with Crippen LogP contribution in [0, 0.1) is 0 Å². The zero-order valence-corrected chi connectivity index (χ0v) is 11.8. The lowest BCUT2D eigenvalue weighted by molar-refractivity contribution is -0.136. The molecule has 1 aromatic rings. The fraction of sp³-hybridized carbons (Fsp3) is 0.308. The number of rotatable bonds is 5. The maximum absolute atomic E-state index is 11.5. The Balaban J connectivity index is 2.49. The summed E-state index contributed by atoms with van der Waals surface area (Å²) in [5.41, 5.74) is 1.08. The summed E-state index contributed by atoms with van der Waals surface area (Å²) >= 11 is 5.46. The van der Waals surface area contributed by atoms with Gasteiger partial charge in [0.25, 0.3) is 0 Å². The number of anilines is 2. The summed E-state index contributed by atoms with van der Waals surface area (Å²) in [7, 11) is 0. The van der Waals surface area contributed by atoms with Crippen LogP contribution in [0.25, 0.3) is 0 Å². The number of benzene rings is 1. The zero-order chi connectivity index (χ0) is 15.0. The Hall–Kier alpha value is -2.08. The molecule has 0 spiro atoms. The van der Waals surface area contributed by atoms with Crippen molar-refractivity contribution in [2.75, 3.05) is 23.1 Å². The van der Waals surface area contributed by atoms with Gasteiger partial charge in [-0.2, -0.15) is 0 Å². The van der Waals surface area contributed by atoms with Crippen molar-refractivity contribution in [3.63, 3.8) is 0 Å². The van der Waals surface area contributed by atoms with Crippen LogP contribution in [0.4, 0.5) is 11.4 Å². The molecular formula is C13H16ClN3O3. The van der Waals surface area contributed by atoms with Gasteiger partial charge >= 0.3 is 11.8 Å². The van der Waals surface area contributed by atoms with E-state index in [2.05, 4.69) is 16.0 Å². The van der Waals surface area contributed by atoms with Crippen molar-refractivity contribution in [3.8, 4) is 0 Å². The number of carbonyl (C=O) groups is 3. The second-order valence-electron chi connectivity index (χ2n) is 4.01. The maximum Gasteiger partial charge on any atom is 0.313 e. The Morgan fingerprint density at radius 2 is 1.55 bits per heavy atom. The lowest BCUT2D eigenvalue weighted by atomic mass is 10.2. The van der Waals surface area contributed by atoms with E-state index in [-0.39, 0.29) is 5.91 Å². The van der Waals surface area contributed by atoms with Gasteiger partial charge in [-0.25, -0.2) is 0 Å². The van der Waals surface area contributed by atoms with Gasteiger partial charge in [0.1, 0.15) is 0 Å². The van der Waals surface area contributed by atoms with Crippen LogP contribution in [0.15, 0.2) is 24.3 Å². The minimum atomic E-state index is -0.744. The topological polar surface area (TPSA) is 87.3 Å². The van der Waals surface area contributed by atoms with E-state index in [4.69, 9.17) is 11.6 Å². The Morgan fingerprint density at radius 3 is 2.05 bits per heavy atom. The van der Waals surface area contributed by atoms with E-state index in [0.717, 1.165) is 0 Å². The highest BCUT2D eigenvalue weighted by Crippen LogP contribution is 2.13. The summed E-state index contributed by atoms with van der Waals surface area (Å²) in [6.45, 7) is 1.76. The van der Waals surface area contributed by atoms with Crippen molar-refractivity contribution < 1.29 is 14.4 Å². The van der Waals surface area contributed by atoms with E-state index < -0.39 is 11.8 Å². The second kappa shape index (κ2) is 8.16. The SMILES string of the molecule is CC(=O)Nc1ccc(NC(=O)C(=O)NCCCCl)cc1. The normalized spacial score (nSPS) is 9.70. The monoisotopic (exact) mass is 297 g/mol. The molecule has 7 heteroatoms. The number of hydrogen-bond acceptors (Lipinski definition) is 3. The smallest absolute Gasteiger partial charge is 0.313 e. The predicted molar refractivity (Wildman–Crippen MR) is 77.7 cm³/mol. The molecule has 0 atom stereocenters. The number of alkyl halides is 1. The molecule has 20 heavy (non-hydrogen) atoms. The molecule has 108 valence electrons. The lowest BCUT2D eigenvalue weighted by Crippen LogP contribution is -2.36. The highest BCUT2D eigenvalue weighted by Gasteiger charge is 2.12. The summed E-state index contributed by atoms with van der Waals surface area (Å²) in [6.07, 6.45) is 0.603. The van der Waals surface area contributed by atoms with Gasteiger partial charge in [-0.3, -0.25) is 14.4 Å². The third-order valence-corrected chi connectivity index (χ3v) is 2.53. The van der Waals surface area contributed by atoms with Crippen molar-refractivity contribution in [3.05, 3.63) is 24.3 Å². The Morgan fingerprint density at radius 1 is 1.00 bits per heavy atom. The first-order chi connectivity index (χ1) is 9.52. The molecule has 0 aromatic heterocycles. The van der Waals surface area contributed by atoms with Crippen molar-refractivity contribution >= 4 is 40.7 Å². The van der Waals surface area contributed by atoms with E-state index in [1.807, 2.05) is 0 Å². The van der Waals surface area contributed by atoms with Crippen LogP contribution in [0.5, 0.6) is 0 Å². The van der Waals surface area contributed by atoms with Crippen LogP contribution in [-0.4, -0.2) is 30.1 Å². The van der Waals surface area contributed by atoms with Crippen molar-refractivity contribution in [1.29, 1.82) is 0 Å². The first kappa shape index (κ1) is 16.0. The Kier molecular flexibility index (Phi) is 6.52. The van der Waals surface area contributed by atoms with E-state index in [1.54, 1.807) is 24.3 Å². The van der Waals surface area contributed by atoms with Crippen molar-refractivity contribution in [2.45, 2.75) is 13.3 Å². The Labute approximate surface area is 121 Å². The molecule has 0 fully saturated rings. The second-order valence-corrected chi connectivity index (χ2v) is 4.39. The van der Waals surface area contributed by atoms with Crippen LogP contribution < -0.4 is 16.0 Å². The molecule has 0 bridgehead atoms. The van der Waals surface area contributed by atoms with Gasteiger partial charge in [0.05, 0.1) is 0 Å². The Bertz CT molecular complexity index is 488. The molecule has 3 N–H and O–H groups in total. The number of halogens is 1. The van der Waals surface area contributed by atoms with E-state index in [1.165, 1.54) is 6.92 Å². The number of amides is 3. The largest absolute Gasteiger partial charge is 0.348 e. The molecule has 1 aromatic carbocycles. The maximum atomic E-state index is 11.5. The average molecular weight is 298 g/mol. The predicted octanol–water partition coefficient (Wildman–Crippen LogP) is 1.33. The molecule has 0 aliphatic carbocycles. The van der Waals surface area contributed by atoms with Gasteiger partial charge in [-0.05, 0) is 30.7 Å². The van der Waals surface area contributed by atoms with E-state index in [9.17, 15) is 14.4 Å². The van der Waals surface area contributed by atoms with Gasteiger partial charge in [-0.1, -0.05) is 0 Å². The molecule has 1 rings (SSSR count). The first-order valence-electron chi connectivity index (χ1n) is 6.05. The van der Waals surface area contributed by atoms with Crippen molar-refractivity contribution in [1.82, 2.24) is 5.32 Å². The average Bonchev–Trinajstić information content (AvgIpc) is 2.40. The van der Waals surface area contributed by atoms with Crippen LogP contribution in [0.2, 0.25) is 0 Å². The molecule has 0 aliphatic heterocycles. The molecule has 0 heterocycles. The van der Waals surface area contributed by atoms with Gasteiger partial charge in [0.2, 0.25) is 5.91 Å². The summed E-state index contributed by atoms with van der Waals surface area (Å²) in [5.74, 6) is -1.21. The minimum Gasteiger partial charge on any atom is -0.348 e. The van der Waals surface area contributed by atoms with Crippen LogP contribution in [0.3, 0.4) is 0 Å². The van der Waals surface area contributed by atoms with Crippen molar-refractivity contribution in [2.24, 2.45) is 0 Å². The summed E-state index contributed by atoms with van der Waals surface area (Å²) < 4.78 is 0. The molecule has 0 saturated heterocycles. The van der Waals surface area contributed by atoms with Gasteiger partial charge in [-0.15, -0.1) is 11.6 Å². The standard InChI is InChI=1S/C13H16ClN3O3/c1-9(18)16-10-3-5-11(6-4-10)17-13(20)12(19)15-8-2-7-14/h3-6H,2,7-8H2,1H3,(H,15,19)(H,16,18)(H,17,20). The highest BCUT2D eigenvalue weighted by molar-refractivity contribution is 6.39. The van der Waals surface area contributed by atoms with Gasteiger partial charge in [0.15, 0.2) is 0 Å². The molecule has 3 amide bonds. The third-order valence-electron chi connectivity index (χ3n) is 2.27. The summed E-state index contributed by atoms with van der Waals surface area (Å²) in [5, 5.41) is 7.50. The quantitative estimate of drug-likeness (QED) is 0.435. The van der Waals surface area contributed by atoms with Crippen LogP contribution in [0.1, 0.15) is 13.3 Å². The van der Waals surface area contributed by atoms with Gasteiger partial charge < -0.3 is 16.0 Å². The molecular weight excluding hydrogens is 282 g/mol. The van der Waals surface area contributed by atoms with Crippen LogP contribution in [-0.2, 0) is 14.4 Å². The molecule has 0 unspecified atom stereocenters. The minimum absolute atomic E-state index is 0.180. The first-order valence-corrected chi connectivity index (χ1v) is 6.59. The molecule has 0 aliphatic rings. The molecule has 0 radical (unpaired) electrons. The van der Waals surface area contributed by atoms with Gasteiger partial charge in [0, 0.05) is 30.7 Å². The van der Waals surface area contributed by atoms with E-state index >= 15 is 0 Å². The third kappa shape index (κ3) is 5.71. The lowest BCUT2D eigenvalue weighted by Gasteiger charge is -2.07. The molecule has 0 saturated carbocycles.